The first kappa shape index (κ1) is 17.9. The number of nitrogens with one attached hydrogen (secondary N) is 1. The van der Waals surface area contributed by atoms with Gasteiger partial charge in [0.2, 0.25) is 0 Å². The van der Waals surface area contributed by atoms with E-state index >= 15 is 0 Å². The van der Waals surface area contributed by atoms with Gasteiger partial charge in [0.15, 0.2) is 11.5 Å². The predicted octanol–water partition coefficient (Wildman–Crippen LogP) is 2.14. The lowest BCUT2D eigenvalue weighted by molar-refractivity contribution is -0.119. The van der Waals surface area contributed by atoms with Crippen LogP contribution in [0.25, 0.3) is 0 Å². The molecule has 1 aliphatic carbocycles. The quantitative estimate of drug-likeness (QED) is 0.846. The van der Waals surface area contributed by atoms with Crippen LogP contribution >= 0.6 is 0 Å². The molecule has 4 atom stereocenters. The molecule has 3 radical (unpaired) electrons. The van der Waals surface area contributed by atoms with Gasteiger partial charge in [0.1, 0.15) is 13.1 Å². The molecule has 3 rings (SSSR count). The van der Waals surface area contributed by atoms with Crippen LogP contribution < -0.4 is 14.8 Å². The summed E-state index contributed by atoms with van der Waals surface area (Å²) in [6.07, 6.45) is 2.04. The maximum absolute atomic E-state index is 11.4. The summed E-state index contributed by atoms with van der Waals surface area (Å²) in [5, 5.41) is 3.14. The third-order valence-corrected chi connectivity index (χ3v) is 4.55. The van der Waals surface area contributed by atoms with Gasteiger partial charge < -0.3 is 19.6 Å². The van der Waals surface area contributed by atoms with Gasteiger partial charge in [0.05, 0.1) is 22.1 Å². The molecule has 23 heavy (non-hydrogen) atoms. The molecule has 0 spiro atoms. The molecule has 0 amide bonds. The number of hydrogen-bond donors (Lipinski definition) is 1. The highest BCUT2D eigenvalue weighted by Gasteiger charge is 2.52. The molecule has 6 heteroatoms. The fourth-order valence-corrected chi connectivity index (χ4v) is 3.18. The lowest BCUT2D eigenvalue weighted by Gasteiger charge is -2.26. The Labute approximate surface area is 141 Å². The summed E-state index contributed by atoms with van der Waals surface area (Å²) in [7, 11) is 13.1. The summed E-state index contributed by atoms with van der Waals surface area (Å²) in [5.74, 6) is 3.03. The molecule has 2 fully saturated rings. The van der Waals surface area contributed by atoms with E-state index in [1.165, 1.54) is 0 Å². The van der Waals surface area contributed by atoms with Gasteiger partial charge in [-0.3, -0.25) is 0 Å². The highest BCUT2D eigenvalue weighted by atomic mass is 16.5. The smallest absolute Gasteiger partial charge is 0.160 e. The Hall–Kier alpha value is -1.42. The fraction of sp³-hybridized carbons (Fsp3) is 0.588. The number of rotatable bonds is 5. The molecule has 0 bridgehead atoms. The summed E-state index contributed by atoms with van der Waals surface area (Å²) in [6.45, 7) is 1.03. The van der Waals surface area contributed by atoms with Crippen LogP contribution in [0.3, 0.4) is 0 Å². The van der Waals surface area contributed by atoms with Crippen molar-refractivity contribution in [1.29, 1.82) is 0 Å². The zero-order valence-electron chi connectivity index (χ0n) is 14.1. The molecule has 121 valence electrons. The van der Waals surface area contributed by atoms with E-state index in [9.17, 15) is 4.79 Å². The minimum atomic E-state index is -0.193. The topological polar surface area (TPSA) is 47.6 Å². The standard InChI is InChI=1S/C9H14B2NO.C8H10O2/c1-12-3-2-5-4-6(10)9(13)8-7(5)11-8;1-9-7-5-3-4-6-8(7)10-2/h5-8,12H,2-4H2,1H3;3-6H,1-2H3. The number of ether oxygens (including phenoxy) is 2. The van der Waals surface area contributed by atoms with Crippen molar-refractivity contribution in [2.75, 3.05) is 27.8 Å². The molecule has 1 aliphatic heterocycles. The van der Waals surface area contributed by atoms with E-state index in [1.54, 1.807) is 14.2 Å². The molecule has 1 aromatic rings. The van der Waals surface area contributed by atoms with E-state index in [4.69, 9.17) is 17.3 Å². The molecule has 1 heterocycles. The number of benzene rings is 1. The van der Waals surface area contributed by atoms with Crippen LogP contribution in [0.5, 0.6) is 11.5 Å². The summed E-state index contributed by atoms with van der Waals surface area (Å²) in [5.41, 5.74) is 0. The van der Waals surface area contributed by atoms with Crippen molar-refractivity contribution in [3.8, 4) is 11.5 Å². The SMILES string of the molecule is COc1ccccc1OC.[B]C1CC(CCNC)C2[B]C2C1=O. The Bertz CT molecular complexity index is 499. The number of fused-ring (bicyclic) bond motifs is 1. The minimum Gasteiger partial charge on any atom is -0.493 e. The molecule has 0 aromatic heterocycles. The Kier molecular flexibility index (Phi) is 6.58. The number of carbonyl (C=O) groups excluding carboxylic acids is 1. The van der Waals surface area contributed by atoms with Gasteiger partial charge in [-0.2, -0.15) is 0 Å². The fourth-order valence-electron chi connectivity index (χ4n) is 3.18. The van der Waals surface area contributed by atoms with Crippen molar-refractivity contribution >= 4 is 20.9 Å². The Morgan fingerprint density at radius 2 is 1.87 bits per heavy atom. The molecular weight excluding hydrogens is 288 g/mol. The second kappa shape index (κ2) is 8.44. The first-order valence-corrected chi connectivity index (χ1v) is 8.08. The van der Waals surface area contributed by atoms with Crippen LogP contribution in [0.15, 0.2) is 24.3 Å². The average molecular weight is 312 g/mol. The zero-order valence-corrected chi connectivity index (χ0v) is 14.1. The summed E-state index contributed by atoms with van der Waals surface area (Å²) < 4.78 is 10.0. The Morgan fingerprint density at radius 3 is 2.39 bits per heavy atom. The normalized spacial score (nSPS) is 27.9. The first-order valence-electron chi connectivity index (χ1n) is 8.08. The first-order chi connectivity index (χ1) is 11.1. The second-order valence-electron chi connectivity index (χ2n) is 6.05. The number of methoxy groups -OCH3 is 2. The Morgan fingerprint density at radius 1 is 1.26 bits per heavy atom. The van der Waals surface area contributed by atoms with E-state index in [0.717, 1.165) is 30.9 Å². The third kappa shape index (κ3) is 4.54. The van der Waals surface area contributed by atoms with Crippen LogP contribution in [-0.2, 0) is 4.79 Å². The van der Waals surface area contributed by atoms with Crippen LogP contribution in [0.2, 0.25) is 17.5 Å². The molecule has 4 unspecified atom stereocenters. The van der Waals surface area contributed by atoms with Crippen LogP contribution in [0.4, 0.5) is 0 Å². The minimum absolute atomic E-state index is 0.193. The lowest BCUT2D eigenvalue weighted by atomic mass is 9.69. The maximum atomic E-state index is 11.4. The highest BCUT2D eigenvalue weighted by Crippen LogP contribution is 2.57. The van der Waals surface area contributed by atoms with Crippen molar-refractivity contribution in [1.82, 2.24) is 5.32 Å². The number of para-hydroxylation sites is 2. The zero-order chi connectivity index (χ0) is 16.8. The summed E-state index contributed by atoms with van der Waals surface area (Å²) in [6, 6.07) is 7.53. The summed E-state index contributed by atoms with van der Waals surface area (Å²) in [4.78, 5) is 11.4. The van der Waals surface area contributed by atoms with E-state index in [-0.39, 0.29) is 17.4 Å². The van der Waals surface area contributed by atoms with Crippen LogP contribution in [0.1, 0.15) is 12.8 Å². The Balaban J connectivity index is 0.000000174. The van der Waals surface area contributed by atoms with Gasteiger partial charge in [0.25, 0.3) is 0 Å². The highest BCUT2D eigenvalue weighted by molar-refractivity contribution is 6.62. The maximum Gasteiger partial charge on any atom is 0.160 e. The van der Waals surface area contributed by atoms with Crippen molar-refractivity contribution in [3.05, 3.63) is 24.3 Å². The molecule has 4 nitrogen and oxygen atoms in total. The van der Waals surface area contributed by atoms with Crippen molar-refractivity contribution in [2.24, 2.45) is 5.92 Å². The van der Waals surface area contributed by atoms with Crippen LogP contribution in [0, 0.1) is 5.92 Å². The molecule has 1 saturated heterocycles. The molecule has 1 aromatic carbocycles. The van der Waals surface area contributed by atoms with Crippen molar-refractivity contribution < 1.29 is 14.3 Å². The largest absolute Gasteiger partial charge is 0.493 e. The third-order valence-electron chi connectivity index (χ3n) is 4.55. The van der Waals surface area contributed by atoms with Gasteiger partial charge >= 0.3 is 0 Å². The molecular formula is C17H24B2NO3. The van der Waals surface area contributed by atoms with E-state index < -0.39 is 0 Å². The lowest BCUT2D eigenvalue weighted by Crippen LogP contribution is -2.22. The monoisotopic (exact) mass is 312 g/mol. The number of ketones is 1. The second-order valence-corrected chi connectivity index (χ2v) is 6.05. The van der Waals surface area contributed by atoms with Gasteiger partial charge in [-0.25, -0.2) is 0 Å². The van der Waals surface area contributed by atoms with Gasteiger partial charge in [-0.15, -0.1) is 0 Å². The number of hydrogen-bond acceptors (Lipinski definition) is 4. The molecule has 1 N–H and O–H groups in total. The van der Waals surface area contributed by atoms with E-state index in [1.807, 2.05) is 31.3 Å². The molecule has 1 saturated carbocycles. The van der Waals surface area contributed by atoms with Crippen LogP contribution in [-0.4, -0.2) is 48.7 Å². The number of Topliss-reactive ketones (excluding diaryl/α,β-unsaturated/α-hetero) is 1. The average Bonchev–Trinajstić information content (AvgIpc) is 3.38. The van der Waals surface area contributed by atoms with Gasteiger partial charge in [-0.05, 0) is 56.1 Å². The van der Waals surface area contributed by atoms with Gasteiger partial charge in [0, 0.05) is 0 Å². The van der Waals surface area contributed by atoms with E-state index in [2.05, 4.69) is 12.6 Å². The van der Waals surface area contributed by atoms with Gasteiger partial charge in [-0.1, -0.05) is 17.9 Å². The van der Waals surface area contributed by atoms with Crippen molar-refractivity contribution in [2.45, 2.75) is 30.3 Å². The number of carbonyl (C=O) groups is 1. The van der Waals surface area contributed by atoms with E-state index in [0.29, 0.717) is 11.7 Å². The molecule has 2 aliphatic rings. The predicted molar refractivity (Wildman–Crippen MR) is 94.0 cm³/mol. The van der Waals surface area contributed by atoms with Crippen molar-refractivity contribution in [3.63, 3.8) is 0 Å². The summed E-state index contributed by atoms with van der Waals surface area (Å²) >= 11 is 0.